The zero-order chi connectivity index (χ0) is 16.7. The molecule has 1 amide bonds. The minimum Gasteiger partial charge on any atom is -0.336 e. The van der Waals surface area contributed by atoms with Crippen LogP contribution in [0.5, 0.6) is 0 Å². The molecule has 0 aliphatic rings. The van der Waals surface area contributed by atoms with Gasteiger partial charge in [0.2, 0.25) is 0 Å². The van der Waals surface area contributed by atoms with Gasteiger partial charge in [0.15, 0.2) is 0 Å². The predicted octanol–water partition coefficient (Wildman–Crippen LogP) is 4.71. The van der Waals surface area contributed by atoms with Gasteiger partial charge in [-0.1, -0.05) is 0 Å². The van der Waals surface area contributed by atoms with E-state index >= 15 is 0 Å². The lowest BCUT2D eigenvalue weighted by molar-refractivity contribution is 0.0790. The monoisotopic (exact) mass is 409 g/mol. The Morgan fingerprint density at radius 3 is 2.61 bits per heavy atom. The molecule has 23 heavy (non-hydrogen) atoms. The van der Waals surface area contributed by atoms with Gasteiger partial charge in [-0.2, -0.15) is 0 Å². The summed E-state index contributed by atoms with van der Waals surface area (Å²) in [6, 6.07) is 4.04. The van der Waals surface area contributed by atoms with Gasteiger partial charge >= 0.3 is 0 Å². The highest BCUT2D eigenvalue weighted by atomic mass is 79.9. The van der Waals surface area contributed by atoms with E-state index in [4.69, 9.17) is 0 Å². The van der Waals surface area contributed by atoms with E-state index < -0.39 is 0 Å². The Kier molecular flexibility index (Phi) is 4.53. The highest BCUT2D eigenvalue weighted by Crippen LogP contribution is 2.32. The Morgan fingerprint density at radius 1 is 1.22 bits per heavy atom. The lowest BCUT2D eigenvalue weighted by atomic mass is 10.1. The van der Waals surface area contributed by atoms with Crippen LogP contribution < -0.4 is 0 Å². The first kappa shape index (κ1) is 16.5. The Labute approximate surface area is 151 Å². The molecule has 0 bridgehead atoms. The molecule has 0 aliphatic carbocycles. The van der Waals surface area contributed by atoms with Gasteiger partial charge in [0, 0.05) is 23.0 Å². The second-order valence-electron chi connectivity index (χ2n) is 5.46. The molecule has 4 nitrogen and oxygen atoms in total. The van der Waals surface area contributed by atoms with Gasteiger partial charge in [0.1, 0.15) is 10.7 Å². The lowest BCUT2D eigenvalue weighted by Gasteiger charge is -2.15. The van der Waals surface area contributed by atoms with Crippen molar-refractivity contribution < 1.29 is 4.79 Å². The average Bonchev–Trinajstić information content (AvgIpc) is 3.01. The Balaban J connectivity index is 1.94. The molecule has 3 aromatic rings. The SMILES string of the molecule is Cc1nc(C)c2c(C)c(C(=O)N(C)Cc3ccc(Br)s3)sc2n1. The third kappa shape index (κ3) is 3.18. The summed E-state index contributed by atoms with van der Waals surface area (Å²) in [5.74, 6) is 0.777. The van der Waals surface area contributed by atoms with E-state index in [1.807, 2.05) is 40.0 Å². The number of aryl methyl sites for hydroxylation is 3. The summed E-state index contributed by atoms with van der Waals surface area (Å²) in [6.07, 6.45) is 0. The van der Waals surface area contributed by atoms with Gasteiger partial charge in [0.25, 0.3) is 5.91 Å². The normalized spacial score (nSPS) is 11.2. The minimum absolute atomic E-state index is 0.0343. The van der Waals surface area contributed by atoms with E-state index in [-0.39, 0.29) is 5.91 Å². The summed E-state index contributed by atoms with van der Waals surface area (Å²) in [5.41, 5.74) is 1.91. The number of thiophene rings is 2. The van der Waals surface area contributed by atoms with E-state index in [9.17, 15) is 4.79 Å². The molecule has 0 spiro atoms. The van der Waals surface area contributed by atoms with Crippen LogP contribution >= 0.6 is 38.6 Å². The number of nitrogens with zero attached hydrogens (tertiary/aromatic N) is 3. The van der Waals surface area contributed by atoms with E-state index in [1.165, 1.54) is 11.3 Å². The van der Waals surface area contributed by atoms with Crippen LogP contribution in [-0.2, 0) is 6.54 Å². The van der Waals surface area contributed by atoms with E-state index in [2.05, 4.69) is 25.9 Å². The van der Waals surface area contributed by atoms with E-state index in [0.29, 0.717) is 6.54 Å². The molecule has 3 aromatic heterocycles. The third-order valence-electron chi connectivity index (χ3n) is 3.65. The fourth-order valence-electron chi connectivity index (χ4n) is 2.59. The molecule has 0 radical (unpaired) electrons. The van der Waals surface area contributed by atoms with Gasteiger partial charge in [0.05, 0.1) is 15.2 Å². The lowest BCUT2D eigenvalue weighted by Crippen LogP contribution is -2.25. The minimum atomic E-state index is 0.0343. The summed E-state index contributed by atoms with van der Waals surface area (Å²) in [5, 5.41) is 1.01. The Hall–Kier alpha value is -1.31. The molecule has 3 rings (SSSR count). The number of halogens is 1. The first-order valence-corrected chi connectivity index (χ1v) is 9.53. The Morgan fingerprint density at radius 2 is 1.96 bits per heavy atom. The second kappa shape index (κ2) is 6.30. The molecule has 0 saturated carbocycles. The zero-order valence-electron chi connectivity index (χ0n) is 13.3. The molecular weight excluding hydrogens is 394 g/mol. The molecule has 120 valence electrons. The van der Waals surface area contributed by atoms with Crippen molar-refractivity contribution in [2.24, 2.45) is 0 Å². The van der Waals surface area contributed by atoms with Crippen molar-refractivity contribution in [1.82, 2.24) is 14.9 Å². The first-order valence-electron chi connectivity index (χ1n) is 7.11. The average molecular weight is 410 g/mol. The molecule has 0 N–H and O–H groups in total. The molecule has 0 unspecified atom stereocenters. The van der Waals surface area contributed by atoms with Crippen LogP contribution in [0.1, 0.15) is 31.6 Å². The van der Waals surface area contributed by atoms with Crippen molar-refractivity contribution in [1.29, 1.82) is 0 Å². The Bertz CT molecular complexity index is 900. The van der Waals surface area contributed by atoms with Crippen molar-refractivity contribution >= 4 is 54.7 Å². The summed E-state index contributed by atoms with van der Waals surface area (Å²) in [6.45, 7) is 6.43. The van der Waals surface area contributed by atoms with Crippen molar-refractivity contribution in [2.45, 2.75) is 27.3 Å². The number of carbonyl (C=O) groups excluding carboxylic acids is 1. The van der Waals surface area contributed by atoms with Crippen molar-refractivity contribution in [3.8, 4) is 0 Å². The van der Waals surface area contributed by atoms with Crippen molar-refractivity contribution in [3.63, 3.8) is 0 Å². The highest BCUT2D eigenvalue weighted by molar-refractivity contribution is 9.11. The van der Waals surface area contributed by atoms with Crippen molar-refractivity contribution in [2.75, 3.05) is 7.05 Å². The standard InChI is InChI=1S/C16H16BrN3OS2/c1-8-13-9(2)18-10(3)19-15(13)23-14(8)16(21)20(4)7-11-5-6-12(17)22-11/h5-6H,7H2,1-4H3. The maximum absolute atomic E-state index is 12.8. The summed E-state index contributed by atoms with van der Waals surface area (Å²) >= 11 is 6.56. The van der Waals surface area contributed by atoms with Gasteiger partial charge < -0.3 is 4.90 Å². The number of hydrogen-bond donors (Lipinski definition) is 0. The fraction of sp³-hybridized carbons (Fsp3) is 0.312. The maximum atomic E-state index is 12.8. The second-order valence-corrected chi connectivity index (χ2v) is 9.01. The van der Waals surface area contributed by atoms with Gasteiger partial charge in [-0.05, 0) is 54.4 Å². The molecule has 0 aromatic carbocycles. The zero-order valence-corrected chi connectivity index (χ0v) is 16.5. The van der Waals surface area contributed by atoms with Crippen LogP contribution in [0.4, 0.5) is 0 Å². The number of aromatic nitrogens is 2. The third-order valence-corrected chi connectivity index (χ3v) is 6.43. The molecule has 0 fully saturated rings. The number of amides is 1. The molecule has 0 saturated heterocycles. The predicted molar refractivity (Wildman–Crippen MR) is 99.4 cm³/mol. The number of carbonyl (C=O) groups is 1. The topological polar surface area (TPSA) is 46.1 Å². The molecule has 7 heteroatoms. The molecular formula is C16H16BrN3OS2. The van der Waals surface area contributed by atoms with Gasteiger partial charge in [-0.3, -0.25) is 4.79 Å². The van der Waals surface area contributed by atoms with Gasteiger partial charge in [-0.15, -0.1) is 22.7 Å². The van der Waals surface area contributed by atoms with E-state index in [1.54, 1.807) is 16.2 Å². The fourth-order valence-corrected chi connectivity index (χ4v) is 5.40. The molecule has 0 aliphatic heterocycles. The maximum Gasteiger partial charge on any atom is 0.264 e. The largest absolute Gasteiger partial charge is 0.336 e. The number of rotatable bonds is 3. The van der Waals surface area contributed by atoms with Crippen LogP contribution in [0.3, 0.4) is 0 Å². The molecule has 0 atom stereocenters. The number of fused-ring (bicyclic) bond motifs is 1. The van der Waals surface area contributed by atoms with Crippen LogP contribution in [0.2, 0.25) is 0 Å². The first-order chi connectivity index (χ1) is 10.9. The van der Waals surface area contributed by atoms with Crippen LogP contribution in [0.25, 0.3) is 10.2 Å². The highest BCUT2D eigenvalue weighted by Gasteiger charge is 2.21. The smallest absolute Gasteiger partial charge is 0.264 e. The molecule has 3 heterocycles. The van der Waals surface area contributed by atoms with Crippen LogP contribution in [-0.4, -0.2) is 27.8 Å². The summed E-state index contributed by atoms with van der Waals surface area (Å²) in [4.78, 5) is 26.3. The van der Waals surface area contributed by atoms with Crippen LogP contribution in [0, 0.1) is 20.8 Å². The van der Waals surface area contributed by atoms with Gasteiger partial charge in [-0.25, -0.2) is 9.97 Å². The summed E-state index contributed by atoms with van der Waals surface area (Å²) in [7, 11) is 1.84. The number of hydrogen-bond acceptors (Lipinski definition) is 5. The van der Waals surface area contributed by atoms with E-state index in [0.717, 1.165) is 40.8 Å². The quantitative estimate of drug-likeness (QED) is 0.628. The van der Waals surface area contributed by atoms with Crippen LogP contribution in [0.15, 0.2) is 15.9 Å². The summed E-state index contributed by atoms with van der Waals surface area (Å²) < 4.78 is 1.08. The van der Waals surface area contributed by atoms with Crippen molar-refractivity contribution in [3.05, 3.63) is 42.8 Å².